The van der Waals surface area contributed by atoms with Crippen molar-refractivity contribution in [2.75, 3.05) is 0 Å². The minimum absolute atomic E-state index is 0.0751. The minimum Gasteiger partial charge on any atom is -0.352 e. The Morgan fingerprint density at radius 2 is 2.32 bits per heavy atom. The first kappa shape index (κ1) is 13.1. The maximum Gasteiger partial charge on any atom is 0.225 e. The van der Waals surface area contributed by atoms with Crippen molar-refractivity contribution in [3.8, 4) is 0 Å². The molecule has 3 nitrogen and oxygen atoms in total. The van der Waals surface area contributed by atoms with Crippen molar-refractivity contribution in [1.29, 1.82) is 0 Å². The van der Waals surface area contributed by atoms with Crippen LogP contribution in [0.1, 0.15) is 24.8 Å². The Hall–Kier alpha value is -0.940. The molecule has 0 aliphatic carbocycles. The molecule has 2 heterocycles. The fourth-order valence-electron chi connectivity index (χ4n) is 3.11. The fourth-order valence-corrected chi connectivity index (χ4v) is 3.49. The van der Waals surface area contributed by atoms with Crippen LogP contribution in [0.4, 0.5) is 4.39 Å². The van der Waals surface area contributed by atoms with E-state index in [9.17, 15) is 9.18 Å². The first-order valence-corrected chi connectivity index (χ1v) is 7.40. The van der Waals surface area contributed by atoms with E-state index in [-0.39, 0.29) is 17.6 Å². The smallest absolute Gasteiger partial charge is 0.225 e. The molecule has 3 rings (SSSR count). The lowest BCUT2D eigenvalue weighted by molar-refractivity contribution is -0.125. The zero-order chi connectivity index (χ0) is 13.4. The van der Waals surface area contributed by atoms with Gasteiger partial charge in [0.05, 0.1) is 5.92 Å². The maximum absolute atomic E-state index is 13.2. The number of carbonyl (C=O) groups excluding carboxylic acids is 1. The van der Waals surface area contributed by atoms with Crippen molar-refractivity contribution in [1.82, 2.24) is 10.6 Å². The number of halogens is 2. The van der Waals surface area contributed by atoms with Crippen LogP contribution in [0.3, 0.4) is 0 Å². The molecule has 2 saturated heterocycles. The molecule has 2 bridgehead atoms. The third kappa shape index (κ3) is 2.67. The number of rotatable bonds is 3. The normalized spacial score (nSPS) is 28.6. The summed E-state index contributed by atoms with van der Waals surface area (Å²) in [6, 6.07) is 5.36. The van der Waals surface area contributed by atoms with Crippen LogP contribution in [-0.4, -0.2) is 18.0 Å². The van der Waals surface area contributed by atoms with Crippen molar-refractivity contribution in [2.24, 2.45) is 5.92 Å². The Balaban J connectivity index is 1.60. The molecule has 0 radical (unpaired) electrons. The molecular formula is C14H16BrFN2O. The number of fused-ring (bicyclic) bond motifs is 2. The molecule has 2 aliphatic rings. The van der Waals surface area contributed by atoms with E-state index in [1.807, 2.05) is 0 Å². The molecule has 1 aromatic carbocycles. The Morgan fingerprint density at radius 1 is 1.47 bits per heavy atom. The van der Waals surface area contributed by atoms with E-state index < -0.39 is 0 Å². The van der Waals surface area contributed by atoms with E-state index in [0.29, 0.717) is 18.6 Å². The lowest BCUT2D eigenvalue weighted by atomic mass is 9.88. The van der Waals surface area contributed by atoms with Gasteiger partial charge in [0.1, 0.15) is 5.82 Å². The first-order chi connectivity index (χ1) is 9.13. The molecule has 1 amide bonds. The summed E-state index contributed by atoms with van der Waals surface area (Å²) >= 11 is 3.37. The summed E-state index contributed by atoms with van der Waals surface area (Å²) in [4.78, 5) is 12.1. The van der Waals surface area contributed by atoms with Gasteiger partial charge in [-0.1, -0.05) is 15.9 Å². The third-order valence-electron chi connectivity index (χ3n) is 4.10. The summed E-state index contributed by atoms with van der Waals surface area (Å²) in [5.41, 5.74) is 0.768. The highest BCUT2D eigenvalue weighted by molar-refractivity contribution is 9.10. The minimum atomic E-state index is -0.283. The van der Waals surface area contributed by atoms with Crippen molar-refractivity contribution in [3.63, 3.8) is 0 Å². The average Bonchev–Trinajstić information content (AvgIpc) is 3.02. The van der Waals surface area contributed by atoms with E-state index in [0.717, 1.165) is 22.9 Å². The molecule has 5 heteroatoms. The van der Waals surface area contributed by atoms with Crippen molar-refractivity contribution in [3.05, 3.63) is 34.1 Å². The first-order valence-electron chi connectivity index (χ1n) is 6.61. The van der Waals surface area contributed by atoms with Gasteiger partial charge in [0.25, 0.3) is 0 Å². The molecule has 2 aliphatic heterocycles. The van der Waals surface area contributed by atoms with E-state index in [4.69, 9.17) is 0 Å². The van der Waals surface area contributed by atoms with Crippen molar-refractivity contribution < 1.29 is 9.18 Å². The van der Waals surface area contributed by atoms with E-state index >= 15 is 0 Å². The van der Waals surface area contributed by atoms with Crippen LogP contribution >= 0.6 is 15.9 Å². The summed E-state index contributed by atoms with van der Waals surface area (Å²) in [6.07, 6.45) is 3.21. The molecule has 2 N–H and O–H groups in total. The molecule has 3 atom stereocenters. The van der Waals surface area contributed by atoms with Crippen LogP contribution in [0.15, 0.2) is 22.7 Å². The quantitative estimate of drug-likeness (QED) is 0.895. The molecule has 0 aromatic heterocycles. The summed E-state index contributed by atoms with van der Waals surface area (Å²) < 4.78 is 14.0. The van der Waals surface area contributed by atoms with Gasteiger partial charge in [-0.3, -0.25) is 4.79 Å². The number of hydrogen-bond acceptors (Lipinski definition) is 2. The highest BCUT2D eigenvalue weighted by Crippen LogP contribution is 2.33. The van der Waals surface area contributed by atoms with Crippen LogP contribution in [-0.2, 0) is 11.3 Å². The van der Waals surface area contributed by atoms with Gasteiger partial charge in [-0.15, -0.1) is 0 Å². The van der Waals surface area contributed by atoms with Gasteiger partial charge in [-0.2, -0.15) is 0 Å². The highest BCUT2D eigenvalue weighted by atomic mass is 79.9. The number of benzene rings is 1. The standard InChI is InChI=1S/C14H16BrFN2O/c15-12-3-1-9(16)5-8(12)7-17-14(19)11-6-10-2-4-13(11)18-10/h1,3,5,10-11,13,18H,2,4,6-7H2,(H,17,19). The lowest BCUT2D eigenvalue weighted by Gasteiger charge is -2.19. The average molecular weight is 327 g/mol. The Morgan fingerprint density at radius 3 is 3.00 bits per heavy atom. The number of hydrogen-bond donors (Lipinski definition) is 2. The van der Waals surface area contributed by atoms with Crippen LogP contribution < -0.4 is 10.6 Å². The number of nitrogens with one attached hydrogen (secondary N) is 2. The number of amides is 1. The second-order valence-corrected chi connectivity index (χ2v) is 6.20. The van der Waals surface area contributed by atoms with Gasteiger partial charge in [-0.25, -0.2) is 4.39 Å². The van der Waals surface area contributed by atoms with Crippen LogP contribution in [0, 0.1) is 11.7 Å². The van der Waals surface area contributed by atoms with E-state index in [2.05, 4.69) is 26.6 Å². The molecule has 102 valence electrons. The second kappa shape index (κ2) is 5.21. The second-order valence-electron chi connectivity index (χ2n) is 5.34. The summed E-state index contributed by atoms with van der Waals surface area (Å²) in [6.45, 7) is 0.366. The van der Waals surface area contributed by atoms with Crippen LogP contribution in [0.2, 0.25) is 0 Å². The molecule has 0 spiro atoms. The predicted molar refractivity (Wildman–Crippen MR) is 74.0 cm³/mol. The maximum atomic E-state index is 13.2. The van der Waals surface area contributed by atoms with E-state index in [1.165, 1.54) is 18.6 Å². The Bertz CT molecular complexity index is 508. The molecule has 0 saturated carbocycles. The topological polar surface area (TPSA) is 41.1 Å². The van der Waals surface area contributed by atoms with Crippen molar-refractivity contribution in [2.45, 2.75) is 37.9 Å². The van der Waals surface area contributed by atoms with Gasteiger partial charge in [0.15, 0.2) is 0 Å². The predicted octanol–water partition coefficient (Wildman–Crippen LogP) is 2.34. The molecule has 19 heavy (non-hydrogen) atoms. The zero-order valence-electron chi connectivity index (χ0n) is 10.5. The van der Waals surface area contributed by atoms with Gasteiger partial charge in [-0.05, 0) is 43.0 Å². The molecule has 1 aromatic rings. The van der Waals surface area contributed by atoms with E-state index in [1.54, 1.807) is 6.07 Å². The highest BCUT2D eigenvalue weighted by Gasteiger charge is 2.42. The third-order valence-corrected chi connectivity index (χ3v) is 4.87. The molecule has 3 unspecified atom stereocenters. The van der Waals surface area contributed by atoms with Gasteiger partial charge >= 0.3 is 0 Å². The van der Waals surface area contributed by atoms with Gasteiger partial charge in [0.2, 0.25) is 5.91 Å². The summed E-state index contributed by atoms with van der Waals surface area (Å²) in [5, 5.41) is 6.37. The van der Waals surface area contributed by atoms with Gasteiger partial charge in [0, 0.05) is 23.1 Å². The van der Waals surface area contributed by atoms with Gasteiger partial charge < -0.3 is 10.6 Å². The largest absolute Gasteiger partial charge is 0.352 e. The monoisotopic (exact) mass is 326 g/mol. The Kier molecular flexibility index (Phi) is 3.58. The fraction of sp³-hybridized carbons (Fsp3) is 0.500. The zero-order valence-corrected chi connectivity index (χ0v) is 12.0. The lowest BCUT2D eigenvalue weighted by Crippen LogP contribution is -2.37. The SMILES string of the molecule is O=C(NCc1cc(F)ccc1Br)C1CC2CCC1N2. The number of carbonyl (C=O) groups is 1. The Labute approximate surface area is 120 Å². The molecular weight excluding hydrogens is 311 g/mol. The van der Waals surface area contributed by atoms with Crippen molar-refractivity contribution >= 4 is 21.8 Å². The molecule has 2 fully saturated rings. The summed E-state index contributed by atoms with van der Waals surface area (Å²) in [5.74, 6) is -0.129. The van der Waals surface area contributed by atoms with Crippen LogP contribution in [0.5, 0.6) is 0 Å². The summed E-state index contributed by atoms with van der Waals surface area (Å²) in [7, 11) is 0. The van der Waals surface area contributed by atoms with Crippen LogP contribution in [0.25, 0.3) is 0 Å².